The van der Waals surface area contributed by atoms with E-state index in [1.54, 1.807) is 43.4 Å². The van der Waals surface area contributed by atoms with Gasteiger partial charge < -0.3 is 14.4 Å². The van der Waals surface area contributed by atoms with Gasteiger partial charge in [-0.25, -0.2) is 9.18 Å². The van der Waals surface area contributed by atoms with Crippen LogP contribution >= 0.6 is 15.9 Å². The summed E-state index contributed by atoms with van der Waals surface area (Å²) in [5, 5.41) is 0. The second-order valence-electron chi connectivity index (χ2n) is 5.28. The number of hydrogen-bond acceptors (Lipinski definition) is 4. The van der Waals surface area contributed by atoms with Crippen molar-refractivity contribution >= 4 is 27.8 Å². The predicted molar refractivity (Wildman–Crippen MR) is 93.5 cm³/mol. The van der Waals surface area contributed by atoms with Gasteiger partial charge in [-0.3, -0.25) is 4.79 Å². The highest BCUT2D eigenvalue weighted by atomic mass is 79.9. The molecule has 0 radical (unpaired) electrons. The van der Waals surface area contributed by atoms with Crippen molar-refractivity contribution in [2.24, 2.45) is 0 Å². The van der Waals surface area contributed by atoms with Gasteiger partial charge in [0.2, 0.25) is 0 Å². The van der Waals surface area contributed by atoms with Gasteiger partial charge in [-0.05, 0) is 42.0 Å². The Labute approximate surface area is 153 Å². The zero-order valence-corrected chi connectivity index (χ0v) is 15.2. The topological polar surface area (TPSA) is 55.8 Å². The molecular weight excluding hydrogens is 393 g/mol. The molecule has 0 aliphatic carbocycles. The van der Waals surface area contributed by atoms with Gasteiger partial charge in [0.05, 0.1) is 0 Å². The monoisotopic (exact) mass is 409 g/mol. The van der Waals surface area contributed by atoms with Crippen molar-refractivity contribution in [3.63, 3.8) is 0 Å². The van der Waals surface area contributed by atoms with Crippen LogP contribution in [0.4, 0.5) is 4.39 Å². The Morgan fingerprint density at radius 2 is 1.84 bits per heavy atom. The van der Waals surface area contributed by atoms with Gasteiger partial charge >= 0.3 is 5.97 Å². The van der Waals surface area contributed by atoms with Crippen LogP contribution in [0.2, 0.25) is 0 Å². The molecule has 0 aliphatic heterocycles. The Bertz CT molecular complexity index is 736. The summed E-state index contributed by atoms with van der Waals surface area (Å²) in [6, 6.07) is 12.9. The van der Waals surface area contributed by atoms with Crippen LogP contribution in [0.3, 0.4) is 0 Å². The van der Waals surface area contributed by atoms with Crippen molar-refractivity contribution in [2.45, 2.75) is 6.54 Å². The lowest BCUT2D eigenvalue weighted by molar-refractivity contribution is -0.153. The SMILES string of the molecule is CN(Cc1cccc(F)c1)C(=O)COC(=O)COc1ccc(Br)cc1. The van der Waals surface area contributed by atoms with E-state index in [4.69, 9.17) is 9.47 Å². The molecule has 0 bridgehead atoms. The molecule has 0 fully saturated rings. The Morgan fingerprint density at radius 3 is 2.52 bits per heavy atom. The van der Waals surface area contributed by atoms with Gasteiger partial charge in [0.25, 0.3) is 5.91 Å². The summed E-state index contributed by atoms with van der Waals surface area (Å²) in [6.45, 7) is -0.458. The van der Waals surface area contributed by atoms with Gasteiger partial charge in [0.15, 0.2) is 13.2 Å². The third-order valence-corrected chi connectivity index (χ3v) is 3.79. The minimum Gasteiger partial charge on any atom is -0.482 e. The van der Waals surface area contributed by atoms with E-state index in [-0.39, 0.29) is 24.9 Å². The second kappa shape index (κ2) is 9.17. The molecule has 1 amide bonds. The first-order chi connectivity index (χ1) is 11.9. The maximum absolute atomic E-state index is 13.1. The van der Waals surface area contributed by atoms with Gasteiger partial charge in [-0.1, -0.05) is 28.1 Å². The van der Waals surface area contributed by atoms with Gasteiger partial charge in [-0.15, -0.1) is 0 Å². The molecule has 2 rings (SSSR count). The summed E-state index contributed by atoms with van der Waals surface area (Å²) in [4.78, 5) is 25.0. The number of carbonyl (C=O) groups excluding carboxylic acids is 2. The van der Waals surface area contributed by atoms with Crippen LogP contribution in [0, 0.1) is 5.82 Å². The molecule has 0 saturated carbocycles. The number of rotatable bonds is 7. The van der Waals surface area contributed by atoms with E-state index in [0.717, 1.165) is 4.47 Å². The van der Waals surface area contributed by atoms with Crippen molar-refractivity contribution in [3.05, 3.63) is 64.4 Å². The molecule has 0 aliphatic rings. The molecular formula is C18H17BrFNO4. The zero-order valence-electron chi connectivity index (χ0n) is 13.6. The first kappa shape index (κ1) is 18.9. The third-order valence-electron chi connectivity index (χ3n) is 3.26. The average molecular weight is 410 g/mol. The number of ether oxygens (including phenoxy) is 2. The number of halogens is 2. The van der Waals surface area contributed by atoms with Crippen molar-refractivity contribution in [1.82, 2.24) is 4.90 Å². The van der Waals surface area contributed by atoms with Crippen molar-refractivity contribution < 1.29 is 23.5 Å². The second-order valence-corrected chi connectivity index (χ2v) is 6.20. The van der Waals surface area contributed by atoms with E-state index >= 15 is 0 Å². The van der Waals surface area contributed by atoms with Crippen LogP contribution in [-0.2, 0) is 20.9 Å². The Balaban J connectivity index is 1.72. The van der Waals surface area contributed by atoms with Crippen LogP contribution in [0.1, 0.15) is 5.56 Å². The molecule has 25 heavy (non-hydrogen) atoms. The maximum Gasteiger partial charge on any atom is 0.344 e. The van der Waals surface area contributed by atoms with Crippen LogP contribution in [0.15, 0.2) is 53.0 Å². The van der Waals surface area contributed by atoms with Gasteiger partial charge in [0, 0.05) is 18.1 Å². The number of likely N-dealkylation sites (N-methyl/N-ethyl adjacent to an activating group) is 1. The lowest BCUT2D eigenvalue weighted by Gasteiger charge is -2.17. The fourth-order valence-corrected chi connectivity index (χ4v) is 2.23. The van der Waals surface area contributed by atoms with Gasteiger partial charge in [0.1, 0.15) is 11.6 Å². The molecule has 0 aromatic heterocycles. The third kappa shape index (κ3) is 6.54. The summed E-state index contributed by atoms with van der Waals surface area (Å²) in [6.07, 6.45) is 0. The van der Waals surface area contributed by atoms with E-state index in [1.807, 2.05) is 0 Å². The highest BCUT2D eigenvalue weighted by Gasteiger charge is 2.13. The highest BCUT2D eigenvalue weighted by Crippen LogP contribution is 2.16. The van der Waals surface area contributed by atoms with Crippen LogP contribution in [0.25, 0.3) is 0 Å². The lowest BCUT2D eigenvalue weighted by Crippen LogP contribution is -2.31. The molecule has 5 nitrogen and oxygen atoms in total. The van der Waals surface area contributed by atoms with Crippen LogP contribution in [0.5, 0.6) is 5.75 Å². The standard InChI is InChI=1S/C18H17BrFNO4/c1-21(10-13-3-2-4-15(20)9-13)17(22)11-25-18(23)12-24-16-7-5-14(19)6-8-16/h2-9H,10-12H2,1H3. The number of amides is 1. The van der Waals surface area contributed by atoms with Crippen molar-refractivity contribution in [1.29, 1.82) is 0 Å². The fraction of sp³-hybridized carbons (Fsp3) is 0.222. The number of nitrogens with zero attached hydrogens (tertiary/aromatic N) is 1. The number of carbonyl (C=O) groups is 2. The summed E-state index contributed by atoms with van der Waals surface area (Å²) in [5.41, 5.74) is 0.653. The molecule has 132 valence electrons. The van der Waals surface area contributed by atoms with E-state index in [1.165, 1.54) is 17.0 Å². The van der Waals surface area contributed by atoms with Gasteiger partial charge in [-0.2, -0.15) is 0 Å². The molecule has 0 N–H and O–H groups in total. The first-order valence-corrected chi connectivity index (χ1v) is 8.26. The minimum atomic E-state index is -0.643. The van der Waals surface area contributed by atoms with Crippen LogP contribution in [-0.4, -0.2) is 37.0 Å². The summed E-state index contributed by atoms with van der Waals surface area (Å²) in [7, 11) is 1.55. The van der Waals surface area contributed by atoms with E-state index in [2.05, 4.69) is 15.9 Å². The van der Waals surface area contributed by atoms with E-state index < -0.39 is 12.6 Å². The molecule has 0 unspecified atom stereocenters. The Kier molecular flexibility index (Phi) is 6.94. The van der Waals surface area contributed by atoms with E-state index in [0.29, 0.717) is 11.3 Å². The fourth-order valence-electron chi connectivity index (χ4n) is 1.96. The molecule has 2 aromatic rings. The molecule has 7 heteroatoms. The number of hydrogen-bond donors (Lipinski definition) is 0. The van der Waals surface area contributed by atoms with Crippen molar-refractivity contribution in [2.75, 3.05) is 20.3 Å². The maximum atomic E-state index is 13.1. The summed E-state index contributed by atoms with van der Waals surface area (Å²) >= 11 is 3.30. The molecule has 0 spiro atoms. The normalized spacial score (nSPS) is 10.2. The smallest absolute Gasteiger partial charge is 0.344 e. The number of benzene rings is 2. The Hall–Kier alpha value is -2.41. The van der Waals surface area contributed by atoms with E-state index in [9.17, 15) is 14.0 Å². The Morgan fingerprint density at radius 1 is 1.12 bits per heavy atom. The first-order valence-electron chi connectivity index (χ1n) is 7.46. The predicted octanol–water partition coefficient (Wildman–Crippen LogP) is 3.17. The molecule has 2 aromatic carbocycles. The summed E-state index contributed by atoms with van der Waals surface area (Å²) < 4.78 is 24.2. The zero-order chi connectivity index (χ0) is 18.2. The minimum absolute atomic E-state index is 0.226. The lowest BCUT2D eigenvalue weighted by atomic mass is 10.2. The molecule has 0 heterocycles. The summed E-state index contributed by atoms with van der Waals surface area (Å²) in [5.74, 6) is -0.874. The van der Waals surface area contributed by atoms with Crippen LogP contribution < -0.4 is 4.74 Å². The molecule has 0 saturated heterocycles. The molecule has 0 atom stereocenters. The van der Waals surface area contributed by atoms with Crippen molar-refractivity contribution in [3.8, 4) is 5.75 Å². The number of esters is 1. The largest absolute Gasteiger partial charge is 0.482 e. The quantitative estimate of drug-likeness (QED) is 0.659. The average Bonchev–Trinajstić information content (AvgIpc) is 2.59. The highest BCUT2D eigenvalue weighted by molar-refractivity contribution is 9.10.